The summed E-state index contributed by atoms with van der Waals surface area (Å²) in [6, 6.07) is 0. The van der Waals surface area contributed by atoms with Gasteiger partial charge in [0.2, 0.25) is 5.91 Å². The van der Waals surface area contributed by atoms with Gasteiger partial charge in [0.05, 0.1) is 6.61 Å². The van der Waals surface area contributed by atoms with Crippen LogP contribution in [0.4, 0.5) is 0 Å². The largest absolute Gasteiger partial charge is 0.395 e. The highest BCUT2D eigenvalue weighted by Gasteiger charge is 2.04. The fourth-order valence-corrected chi connectivity index (χ4v) is 0.589. The second-order valence-corrected chi connectivity index (χ2v) is 2.08. The minimum Gasteiger partial charge on any atom is -0.395 e. The van der Waals surface area contributed by atoms with Crippen LogP contribution in [0.1, 0.15) is 12.8 Å². The molecule has 0 aromatic carbocycles. The lowest BCUT2D eigenvalue weighted by Crippen LogP contribution is -2.28. The zero-order valence-corrected chi connectivity index (χ0v) is 6.21. The Morgan fingerprint density at radius 2 is 2.30 bits per heavy atom. The first-order valence-corrected chi connectivity index (χ1v) is 3.27. The molecule has 1 amide bonds. The highest BCUT2D eigenvalue weighted by Crippen LogP contribution is 1.92. The van der Waals surface area contributed by atoms with Gasteiger partial charge in [-0.3, -0.25) is 4.79 Å². The minimum atomic E-state index is -0.0171. The molecular formula is C7H13NO2. The first-order valence-electron chi connectivity index (χ1n) is 3.27. The fourth-order valence-electron chi connectivity index (χ4n) is 0.589. The molecule has 0 spiro atoms. The Balaban J connectivity index is 3.49. The number of likely N-dealkylation sites (N-methyl/N-ethyl adjacent to an activating group) is 1. The van der Waals surface area contributed by atoms with Gasteiger partial charge in [-0.2, -0.15) is 0 Å². The number of carbonyl (C=O) groups excluding carboxylic acids is 1. The maximum absolute atomic E-state index is 10.9. The molecule has 0 bridgehead atoms. The Labute approximate surface area is 61.6 Å². The highest BCUT2D eigenvalue weighted by atomic mass is 16.3. The normalized spacial score (nSPS) is 9.50. The number of hydrogen-bond acceptors (Lipinski definition) is 2. The summed E-state index contributed by atoms with van der Waals surface area (Å²) in [5.41, 5.74) is 0. The van der Waals surface area contributed by atoms with Crippen LogP contribution in [0.3, 0.4) is 0 Å². The van der Waals surface area contributed by atoms with Crippen LogP contribution in [0.25, 0.3) is 0 Å². The minimum absolute atomic E-state index is 0.00676. The van der Waals surface area contributed by atoms with Crippen molar-refractivity contribution in [3.63, 3.8) is 0 Å². The summed E-state index contributed by atoms with van der Waals surface area (Å²) in [5, 5.41) is 8.43. The van der Waals surface area contributed by atoms with Crippen molar-refractivity contribution in [2.24, 2.45) is 0 Å². The van der Waals surface area contributed by atoms with Gasteiger partial charge in [0.15, 0.2) is 0 Å². The van der Waals surface area contributed by atoms with Crippen molar-refractivity contribution in [1.82, 2.24) is 4.90 Å². The first kappa shape index (κ1) is 9.43. The van der Waals surface area contributed by atoms with Gasteiger partial charge in [0, 0.05) is 20.0 Å². The second-order valence-electron chi connectivity index (χ2n) is 2.08. The number of hydrogen-bond donors (Lipinski definition) is 1. The Kier molecular flexibility index (Phi) is 4.94. The molecule has 1 N–H and O–H groups in total. The summed E-state index contributed by atoms with van der Waals surface area (Å²) >= 11 is 0. The van der Waals surface area contributed by atoms with E-state index in [4.69, 9.17) is 12.0 Å². The average Bonchev–Trinajstić information content (AvgIpc) is 1.89. The van der Waals surface area contributed by atoms with Crippen molar-refractivity contribution in [2.75, 3.05) is 20.2 Å². The molecule has 0 atom stereocenters. The predicted octanol–water partition coefficient (Wildman–Crippen LogP) is -0.0716. The summed E-state index contributed by atoms with van der Waals surface area (Å²) in [5.74, 6) is -0.0171. The molecule has 0 rings (SSSR count). The molecule has 2 radical (unpaired) electrons. The molecule has 0 aromatic rings. The Morgan fingerprint density at radius 3 is 2.70 bits per heavy atom. The zero-order valence-electron chi connectivity index (χ0n) is 6.21. The maximum Gasteiger partial charge on any atom is 0.222 e. The van der Waals surface area contributed by atoms with E-state index in [-0.39, 0.29) is 12.5 Å². The van der Waals surface area contributed by atoms with Gasteiger partial charge < -0.3 is 10.0 Å². The molecule has 58 valence electrons. The quantitative estimate of drug-likeness (QED) is 0.598. The summed E-state index contributed by atoms with van der Waals surface area (Å²) in [6.45, 7) is 5.55. The lowest BCUT2D eigenvalue weighted by Gasteiger charge is -2.14. The molecule has 0 unspecified atom stereocenters. The van der Waals surface area contributed by atoms with Crippen LogP contribution in [0, 0.1) is 6.92 Å². The van der Waals surface area contributed by atoms with E-state index in [2.05, 4.69) is 0 Å². The maximum atomic E-state index is 10.9. The summed E-state index contributed by atoms with van der Waals surface area (Å²) in [4.78, 5) is 12.3. The van der Waals surface area contributed by atoms with E-state index in [9.17, 15) is 4.79 Å². The van der Waals surface area contributed by atoms with Crippen molar-refractivity contribution in [2.45, 2.75) is 12.8 Å². The third-order valence-electron chi connectivity index (χ3n) is 1.22. The average molecular weight is 143 g/mol. The first-order chi connectivity index (χ1) is 4.72. The Bertz CT molecular complexity index is 104. The SMILES string of the molecule is [CH]CCC(=O)N(C)CCO. The van der Waals surface area contributed by atoms with Gasteiger partial charge in [-0.25, -0.2) is 0 Å². The fraction of sp³-hybridized carbons (Fsp3) is 0.714. The van der Waals surface area contributed by atoms with Crippen LogP contribution in [-0.4, -0.2) is 36.1 Å². The molecule has 0 aliphatic rings. The number of aliphatic hydroxyl groups excluding tert-OH is 1. The van der Waals surface area contributed by atoms with Crippen molar-refractivity contribution >= 4 is 5.91 Å². The van der Waals surface area contributed by atoms with Crippen molar-refractivity contribution in [3.8, 4) is 0 Å². The Morgan fingerprint density at radius 1 is 1.70 bits per heavy atom. The third kappa shape index (κ3) is 3.45. The molecule has 3 heteroatoms. The standard InChI is InChI=1S/C7H13NO2/c1-3-4-7(10)8(2)5-6-9/h1,9H,3-6H2,2H3. The lowest BCUT2D eigenvalue weighted by molar-refractivity contribution is -0.130. The molecule has 3 nitrogen and oxygen atoms in total. The monoisotopic (exact) mass is 143 g/mol. The smallest absolute Gasteiger partial charge is 0.222 e. The molecule has 10 heavy (non-hydrogen) atoms. The van der Waals surface area contributed by atoms with E-state index in [1.54, 1.807) is 7.05 Å². The molecule has 0 saturated heterocycles. The van der Waals surface area contributed by atoms with Crippen LogP contribution >= 0.6 is 0 Å². The lowest BCUT2D eigenvalue weighted by atomic mass is 10.3. The number of amides is 1. The molecule has 0 saturated carbocycles. The van der Waals surface area contributed by atoms with Crippen molar-refractivity contribution in [1.29, 1.82) is 0 Å². The highest BCUT2D eigenvalue weighted by molar-refractivity contribution is 5.75. The van der Waals surface area contributed by atoms with Gasteiger partial charge in [0.1, 0.15) is 0 Å². The molecule has 0 aliphatic carbocycles. The summed E-state index contributed by atoms with van der Waals surface area (Å²) < 4.78 is 0. The molecule has 0 heterocycles. The van der Waals surface area contributed by atoms with Crippen LogP contribution in [-0.2, 0) is 4.79 Å². The van der Waals surface area contributed by atoms with E-state index in [0.29, 0.717) is 19.4 Å². The third-order valence-corrected chi connectivity index (χ3v) is 1.22. The van der Waals surface area contributed by atoms with Gasteiger partial charge in [-0.05, 0) is 13.3 Å². The topological polar surface area (TPSA) is 40.5 Å². The van der Waals surface area contributed by atoms with Crippen molar-refractivity contribution in [3.05, 3.63) is 6.92 Å². The molecular weight excluding hydrogens is 130 g/mol. The van der Waals surface area contributed by atoms with Crippen LogP contribution in [0.15, 0.2) is 0 Å². The van der Waals surface area contributed by atoms with Crippen LogP contribution in [0.5, 0.6) is 0 Å². The summed E-state index contributed by atoms with van der Waals surface area (Å²) in [7, 11) is 1.65. The van der Waals surface area contributed by atoms with Gasteiger partial charge in [-0.15, -0.1) is 0 Å². The second kappa shape index (κ2) is 5.23. The van der Waals surface area contributed by atoms with Crippen LogP contribution in [0.2, 0.25) is 0 Å². The van der Waals surface area contributed by atoms with Gasteiger partial charge >= 0.3 is 0 Å². The van der Waals surface area contributed by atoms with Crippen LogP contribution < -0.4 is 0 Å². The van der Waals surface area contributed by atoms with E-state index in [1.165, 1.54) is 4.90 Å². The van der Waals surface area contributed by atoms with Crippen molar-refractivity contribution < 1.29 is 9.90 Å². The Hall–Kier alpha value is -0.570. The molecule has 0 aromatic heterocycles. The summed E-state index contributed by atoms with van der Waals surface area (Å²) in [6.07, 6.45) is 0.727. The molecule has 0 aliphatic heterocycles. The van der Waals surface area contributed by atoms with E-state index >= 15 is 0 Å². The predicted molar refractivity (Wildman–Crippen MR) is 38.3 cm³/mol. The number of aliphatic hydroxyl groups is 1. The van der Waals surface area contributed by atoms with E-state index in [0.717, 1.165) is 0 Å². The van der Waals surface area contributed by atoms with Gasteiger partial charge in [0.25, 0.3) is 0 Å². The van der Waals surface area contributed by atoms with Gasteiger partial charge in [-0.1, -0.05) is 0 Å². The molecule has 0 fully saturated rings. The number of nitrogens with zero attached hydrogens (tertiary/aromatic N) is 1. The van der Waals surface area contributed by atoms with E-state index in [1.807, 2.05) is 0 Å². The van der Waals surface area contributed by atoms with E-state index < -0.39 is 0 Å². The number of rotatable bonds is 4. The number of carbonyl (C=O) groups is 1. The zero-order chi connectivity index (χ0) is 7.98.